The molecule has 2 amide bonds. The summed E-state index contributed by atoms with van der Waals surface area (Å²) in [6.45, 7) is 6.00. The molecule has 0 aliphatic carbocycles. The van der Waals surface area contributed by atoms with E-state index in [4.69, 9.17) is 16.9 Å². The molecule has 1 heterocycles. The maximum Gasteiger partial charge on any atom is 0.331 e. The predicted octanol–water partition coefficient (Wildman–Crippen LogP) is 3.72. The van der Waals surface area contributed by atoms with Crippen LogP contribution in [0.25, 0.3) is 10.9 Å². The molecule has 1 aromatic heterocycles. The van der Waals surface area contributed by atoms with E-state index in [0.29, 0.717) is 34.4 Å². The van der Waals surface area contributed by atoms with Crippen molar-refractivity contribution in [2.24, 2.45) is 5.92 Å². The van der Waals surface area contributed by atoms with E-state index in [1.54, 1.807) is 38.1 Å². The molecule has 0 saturated carbocycles. The van der Waals surface area contributed by atoms with E-state index >= 15 is 0 Å². The molecule has 0 aliphatic rings. The van der Waals surface area contributed by atoms with E-state index in [0.717, 1.165) is 0 Å². The van der Waals surface area contributed by atoms with Crippen molar-refractivity contribution >= 4 is 45.7 Å². The number of carbonyl (C=O) groups is 2. The van der Waals surface area contributed by atoms with Crippen molar-refractivity contribution < 1.29 is 9.59 Å². The smallest absolute Gasteiger partial charge is 0.326 e. The van der Waals surface area contributed by atoms with E-state index in [-0.39, 0.29) is 47.8 Å². The molecule has 0 saturated heterocycles. The Hall–Kier alpha value is -3.90. The SMILES string of the molecule is CCn1c(=O)c2cc(NC(=O)C[C@H](C)CC(=O)Nc3ccc(C#N)c(Cl)c3)ccc2n(CC)c1=O. The third-order valence-corrected chi connectivity index (χ3v) is 5.89. The average Bonchev–Trinajstić information content (AvgIpc) is 2.80. The van der Waals surface area contributed by atoms with Crippen LogP contribution in [0.3, 0.4) is 0 Å². The van der Waals surface area contributed by atoms with Gasteiger partial charge in [0.2, 0.25) is 11.8 Å². The molecule has 0 spiro atoms. The fourth-order valence-electron chi connectivity index (χ4n) is 3.90. The van der Waals surface area contributed by atoms with Crippen molar-refractivity contribution in [1.29, 1.82) is 5.26 Å². The number of hydrogen-bond acceptors (Lipinski definition) is 5. The zero-order chi connectivity index (χ0) is 25.7. The molecule has 0 bridgehead atoms. The first kappa shape index (κ1) is 25.7. The molecule has 0 aliphatic heterocycles. The highest BCUT2D eigenvalue weighted by Crippen LogP contribution is 2.21. The topological polar surface area (TPSA) is 126 Å². The number of anilines is 2. The van der Waals surface area contributed by atoms with E-state index in [1.165, 1.54) is 21.3 Å². The summed E-state index contributed by atoms with van der Waals surface area (Å²) in [5.74, 6) is -0.841. The number of nitrogens with zero attached hydrogens (tertiary/aromatic N) is 3. The number of nitriles is 1. The fraction of sp³-hybridized carbons (Fsp3) is 0.320. The number of fused-ring (bicyclic) bond motifs is 1. The minimum Gasteiger partial charge on any atom is -0.326 e. The lowest BCUT2D eigenvalue weighted by molar-refractivity contribution is -0.118. The second-order valence-corrected chi connectivity index (χ2v) is 8.63. The maximum absolute atomic E-state index is 12.8. The maximum atomic E-state index is 12.8. The molecule has 3 aromatic rings. The quantitative estimate of drug-likeness (QED) is 0.492. The van der Waals surface area contributed by atoms with Crippen LogP contribution < -0.4 is 21.9 Å². The Morgan fingerprint density at radius 3 is 2.09 bits per heavy atom. The highest BCUT2D eigenvalue weighted by molar-refractivity contribution is 6.32. The van der Waals surface area contributed by atoms with Crippen molar-refractivity contribution in [2.45, 2.75) is 46.7 Å². The number of amides is 2. The summed E-state index contributed by atoms with van der Waals surface area (Å²) >= 11 is 5.99. The molecule has 35 heavy (non-hydrogen) atoms. The van der Waals surface area contributed by atoms with E-state index < -0.39 is 5.56 Å². The van der Waals surface area contributed by atoms with Crippen LogP contribution >= 0.6 is 11.6 Å². The van der Waals surface area contributed by atoms with Crippen LogP contribution in [-0.4, -0.2) is 20.9 Å². The summed E-state index contributed by atoms with van der Waals surface area (Å²) in [6.07, 6.45) is 0.194. The minimum absolute atomic E-state index is 0.0905. The number of benzene rings is 2. The molecule has 0 radical (unpaired) electrons. The molecule has 1 atom stereocenters. The van der Waals surface area contributed by atoms with Gasteiger partial charge >= 0.3 is 5.69 Å². The van der Waals surface area contributed by atoms with Crippen LogP contribution in [0, 0.1) is 17.2 Å². The first-order valence-electron chi connectivity index (χ1n) is 11.2. The van der Waals surface area contributed by atoms with Gasteiger partial charge in [0.05, 0.1) is 21.5 Å². The van der Waals surface area contributed by atoms with Crippen LogP contribution in [0.5, 0.6) is 0 Å². The van der Waals surface area contributed by atoms with Crippen LogP contribution in [-0.2, 0) is 22.7 Å². The minimum atomic E-state index is -0.402. The van der Waals surface area contributed by atoms with Gasteiger partial charge in [0.25, 0.3) is 5.56 Å². The zero-order valence-corrected chi connectivity index (χ0v) is 20.5. The van der Waals surface area contributed by atoms with Gasteiger partial charge in [-0.25, -0.2) is 4.79 Å². The molecule has 0 fully saturated rings. The van der Waals surface area contributed by atoms with E-state index in [2.05, 4.69) is 10.6 Å². The third-order valence-electron chi connectivity index (χ3n) is 5.58. The van der Waals surface area contributed by atoms with Crippen molar-refractivity contribution in [3.05, 3.63) is 67.8 Å². The highest BCUT2D eigenvalue weighted by atomic mass is 35.5. The molecule has 2 aromatic carbocycles. The van der Waals surface area contributed by atoms with E-state index in [9.17, 15) is 19.2 Å². The first-order chi connectivity index (χ1) is 16.7. The number of carbonyl (C=O) groups excluding carboxylic acids is 2. The summed E-state index contributed by atoms with van der Waals surface area (Å²) in [5, 5.41) is 15.0. The molecule has 2 N–H and O–H groups in total. The molecule has 0 unspecified atom stereocenters. The lowest BCUT2D eigenvalue weighted by Gasteiger charge is -2.14. The van der Waals surface area contributed by atoms with Gasteiger partial charge in [-0.1, -0.05) is 18.5 Å². The van der Waals surface area contributed by atoms with Crippen molar-refractivity contribution in [1.82, 2.24) is 9.13 Å². The summed E-state index contributed by atoms with van der Waals surface area (Å²) in [6, 6.07) is 11.4. The van der Waals surface area contributed by atoms with Crippen molar-refractivity contribution in [2.75, 3.05) is 10.6 Å². The summed E-state index contributed by atoms with van der Waals surface area (Å²) < 4.78 is 2.69. The number of hydrogen-bond donors (Lipinski definition) is 2. The molecule has 3 rings (SSSR count). The predicted molar refractivity (Wildman–Crippen MR) is 136 cm³/mol. The number of halogens is 1. The Morgan fingerprint density at radius 2 is 1.54 bits per heavy atom. The van der Waals surface area contributed by atoms with Crippen molar-refractivity contribution in [3.8, 4) is 6.07 Å². The fourth-order valence-corrected chi connectivity index (χ4v) is 4.12. The van der Waals surface area contributed by atoms with Gasteiger partial charge in [-0.15, -0.1) is 0 Å². The lowest BCUT2D eigenvalue weighted by Crippen LogP contribution is -2.39. The molecular formula is C25H26ClN5O4. The summed E-state index contributed by atoms with van der Waals surface area (Å²) in [5.41, 5.74) is 0.969. The van der Waals surface area contributed by atoms with Crippen LogP contribution in [0.2, 0.25) is 5.02 Å². The molecular weight excluding hydrogens is 470 g/mol. The average molecular weight is 496 g/mol. The Labute approximate surface area is 206 Å². The standard InChI is InChI=1S/C25H26ClN5O4/c1-4-30-21-9-8-17(12-19(21)24(34)31(5-2)25(30)35)28-22(32)10-15(3)11-23(33)29-18-7-6-16(14-27)20(26)13-18/h6-9,12-13,15H,4-5,10-11H2,1-3H3,(H,28,32)(H,29,33)/t15-/m0/s1. The lowest BCUT2D eigenvalue weighted by atomic mass is 10.0. The second kappa shape index (κ2) is 11.0. The van der Waals surface area contributed by atoms with Gasteiger partial charge in [-0.3, -0.25) is 23.5 Å². The number of nitrogens with one attached hydrogen (secondary N) is 2. The zero-order valence-electron chi connectivity index (χ0n) is 19.7. The number of aromatic nitrogens is 2. The van der Waals surface area contributed by atoms with Gasteiger partial charge < -0.3 is 10.6 Å². The summed E-state index contributed by atoms with van der Waals surface area (Å²) in [7, 11) is 0. The van der Waals surface area contributed by atoms with Gasteiger partial charge in [0, 0.05) is 37.3 Å². The second-order valence-electron chi connectivity index (χ2n) is 8.22. The van der Waals surface area contributed by atoms with Crippen LogP contribution in [0.1, 0.15) is 39.2 Å². The Kier molecular flexibility index (Phi) is 8.10. The normalized spacial score (nSPS) is 11.6. The van der Waals surface area contributed by atoms with Crippen LogP contribution in [0.15, 0.2) is 46.0 Å². The van der Waals surface area contributed by atoms with Gasteiger partial charge in [0.15, 0.2) is 0 Å². The first-order valence-corrected chi connectivity index (χ1v) is 11.6. The highest BCUT2D eigenvalue weighted by Gasteiger charge is 2.16. The monoisotopic (exact) mass is 495 g/mol. The van der Waals surface area contributed by atoms with Crippen molar-refractivity contribution in [3.63, 3.8) is 0 Å². The molecule has 10 heteroatoms. The summed E-state index contributed by atoms with van der Waals surface area (Å²) in [4.78, 5) is 50.2. The van der Waals surface area contributed by atoms with Gasteiger partial charge in [-0.05, 0) is 56.2 Å². The van der Waals surface area contributed by atoms with Crippen LogP contribution in [0.4, 0.5) is 11.4 Å². The number of rotatable bonds is 8. The molecule has 182 valence electrons. The Morgan fingerprint density at radius 1 is 0.971 bits per heavy atom. The largest absolute Gasteiger partial charge is 0.331 e. The Balaban J connectivity index is 1.66. The van der Waals surface area contributed by atoms with Gasteiger partial charge in [0.1, 0.15) is 6.07 Å². The van der Waals surface area contributed by atoms with Gasteiger partial charge in [-0.2, -0.15) is 5.26 Å². The molecule has 9 nitrogen and oxygen atoms in total. The number of aryl methyl sites for hydroxylation is 1. The Bertz CT molecular complexity index is 1450. The third kappa shape index (κ3) is 5.78. The van der Waals surface area contributed by atoms with E-state index in [1.807, 2.05) is 13.0 Å².